The highest BCUT2D eigenvalue weighted by Crippen LogP contribution is 2.47. The summed E-state index contributed by atoms with van der Waals surface area (Å²) < 4.78 is 9.47. The van der Waals surface area contributed by atoms with Crippen LogP contribution >= 0.6 is 0 Å². The third-order valence-electron chi connectivity index (χ3n) is 3.18. The number of ether oxygens (including phenoxy) is 2. The van der Waals surface area contributed by atoms with Gasteiger partial charge < -0.3 is 9.47 Å². The summed E-state index contributed by atoms with van der Waals surface area (Å²) in [7, 11) is 2.55. The zero-order valence-electron chi connectivity index (χ0n) is 10.8. The summed E-state index contributed by atoms with van der Waals surface area (Å²) in [5.41, 5.74) is 1.58. The summed E-state index contributed by atoms with van der Waals surface area (Å²) in [6.07, 6.45) is 0.584. The van der Waals surface area contributed by atoms with Crippen LogP contribution in [0.2, 0.25) is 0 Å². The molecule has 17 heavy (non-hydrogen) atoms. The number of hydrogen-bond donors (Lipinski definition) is 0. The molecule has 94 valence electrons. The number of allylic oxidation sites excluding steroid dienone is 3. The minimum atomic E-state index is -1.24. The molecule has 1 fully saturated rings. The van der Waals surface area contributed by atoms with Crippen LogP contribution in [0.25, 0.3) is 0 Å². The highest BCUT2D eigenvalue weighted by molar-refractivity contribution is 6.02. The molecule has 0 bridgehead atoms. The maximum absolute atomic E-state index is 11.9. The second-order valence-electron chi connectivity index (χ2n) is 4.50. The molecule has 0 N–H and O–H groups in total. The third-order valence-corrected chi connectivity index (χ3v) is 3.18. The lowest BCUT2D eigenvalue weighted by atomic mass is 9.85. The van der Waals surface area contributed by atoms with Crippen molar-refractivity contribution >= 4 is 11.9 Å². The van der Waals surface area contributed by atoms with E-state index in [-0.39, 0.29) is 6.42 Å². The molecule has 0 unspecified atom stereocenters. The van der Waals surface area contributed by atoms with Crippen molar-refractivity contribution in [1.29, 1.82) is 0 Å². The van der Waals surface area contributed by atoms with Crippen LogP contribution in [-0.4, -0.2) is 26.2 Å². The van der Waals surface area contributed by atoms with Crippen LogP contribution in [0.5, 0.6) is 0 Å². The second-order valence-corrected chi connectivity index (χ2v) is 4.50. The van der Waals surface area contributed by atoms with Crippen molar-refractivity contribution in [2.75, 3.05) is 14.2 Å². The van der Waals surface area contributed by atoms with E-state index in [1.807, 2.05) is 13.8 Å². The van der Waals surface area contributed by atoms with E-state index in [2.05, 4.69) is 6.58 Å². The van der Waals surface area contributed by atoms with Crippen LogP contribution in [0.1, 0.15) is 26.7 Å². The summed E-state index contributed by atoms with van der Waals surface area (Å²) in [5, 5.41) is 0. The standard InChI is InChI=1S/C13H18O4/c1-8(2)10-7-13(6-9(10)3,11(14)16-4)12(15)17-5/h3,6-7H2,1-2,4-5H3. The van der Waals surface area contributed by atoms with Gasteiger partial charge in [0.1, 0.15) is 0 Å². The first-order valence-electron chi connectivity index (χ1n) is 5.40. The fourth-order valence-corrected chi connectivity index (χ4v) is 2.25. The Morgan fingerprint density at radius 2 is 1.59 bits per heavy atom. The highest BCUT2D eigenvalue weighted by Gasteiger charge is 2.53. The molecule has 4 nitrogen and oxygen atoms in total. The van der Waals surface area contributed by atoms with Gasteiger partial charge in [-0.2, -0.15) is 0 Å². The van der Waals surface area contributed by atoms with Gasteiger partial charge in [0.25, 0.3) is 0 Å². The predicted molar refractivity (Wildman–Crippen MR) is 63.2 cm³/mol. The molecule has 0 aromatic rings. The van der Waals surface area contributed by atoms with Gasteiger partial charge in [-0.1, -0.05) is 17.7 Å². The molecular formula is C13H18O4. The van der Waals surface area contributed by atoms with Crippen LogP contribution in [0.3, 0.4) is 0 Å². The van der Waals surface area contributed by atoms with Gasteiger partial charge >= 0.3 is 11.9 Å². The Bertz CT molecular complexity index is 384. The van der Waals surface area contributed by atoms with Crippen LogP contribution in [0.4, 0.5) is 0 Å². The number of carbonyl (C=O) groups is 2. The highest BCUT2D eigenvalue weighted by atomic mass is 16.5. The largest absolute Gasteiger partial charge is 0.468 e. The van der Waals surface area contributed by atoms with Crippen LogP contribution in [0.15, 0.2) is 23.3 Å². The maximum Gasteiger partial charge on any atom is 0.323 e. The molecule has 0 atom stereocenters. The Kier molecular flexibility index (Phi) is 3.76. The zero-order valence-corrected chi connectivity index (χ0v) is 10.8. The molecule has 0 radical (unpaired) electrons. The molecule has 0 amide bonds. The number of rotatable bonds is 2. The van der Waals surface area contributed by atoms with Gasteiger partial charge in [0.15, 0.2) is 5.41 Å². The molecule has 1 aliphatic rings. The number of methoxy groups -OCH3 is 2. The quantitative estimate of drug-likeness (QED) is 0.545. The topological polar surface area (TPSA) is 52.6 Å². The van der Waals surface area contributed by atoms with E-state index >= 15 is 0 Å². The Labute approximate surface area is 101 Å². The van der Waals surface area contributed by atoms with Crippen molar-refractivity contribution in [2.45, 2.75) is 26.7 Å². The molecule has 0 aliphatic heterocycles. The van der Waals surface area contributed by atoms with Crippen molar-refractivity contribution in [3.8, 4) is 0 Å². The SMILES string of the molecule is C=C1CC(C(=O)OC)(C(=O)OC)CC1=C(C)C. The van der Waals surface area contributed by atoms with E-state index < -0.39 is 17.4 Å². The van der Waals surface area contributed by atoms with Crippen molar-refractivity contribution < 1.29 is 19.1 Å². The van der Waals surface area contributed by atoms with Crippen LogP contribution < -0.4 is 0 Å². The Balaban J connectivity index is 3.23. The molecular weight excluding hydrogens is 220 g/mol. The van der Waals surface area contributed by atoms with Crippen molar-refractivity contribution in [3.05, 3.63) is 23.3 Å². The van der Waals surface area contributed by atoms with Gasteiger partial charge in [-0.05, 0) is 32.3 Å². The van der Waals surface area contributed by atoms with E-state index in [0.29, 0.717) is 6.42 Å². The molecule has 4 heteroatoms. The van der Waals surface area contributed by atoms with Gasteiger partial charge in [-0.25, -0.2) is 0 Å². The molecule has 0 saturated heterocycles. The fourth-order valence-electron chi connectivity index (χ4n) is 2.25. The van der Waals surface area contributed by atoms with Gasteiger partial charge in [-0.15, -0.1) is 0 Å². The molecule has 0 aromatic carbocycles. The summed E-state index contributed by atoms with van der Waals surface area (Å²) in [5.74, 6) is -1.11. The first-order valence-corrected chi connectivity index (χ1v) is 5.40. The monoisotopic (exact) mass is 238 g/mol. The molecule has 0 aromatic heterocycles. The molecule has 1 saturated carbocycles. The second kappa shape index (κ2) is 4.73. The van der Waals surface area contributed by atoms with Gasteiger partial charge in [0.05, 0.1) is 14.2 Å². The average Bonchev–Trinajstić information content (AvgIpc) is 2.66. The van der Waals surface area contributed by atoms with Crippen molar-refractivity contribution in [3.63, 3.8) is 0 Å². The maximum atomic E-state index is 11.9. The molecule has 0 spiro atoms. The molecule has 0 heterocycles. The van der Waals surface area contributed by atoms with E-state index in [1.165, 1.54) is 14.2 Å². The number of hydrogen-bond acceptors (Lipinski definition) is 4. The van der Waals surface area contributed by atoms with E-state index in [9.17, 15) is 9.59 Å². The Hall–Kier alpha value is -1.58. The summed E-state index contributed by atoms with van der Waals surface area (Å²) in [4.78, 5) is 23.7. The van der Waals surface area contributed by atoms with E-state index in [0.717, 1.165) is 16.7 Å². The van der Waals surface area contributed by atoms with Gasteiger partial charge in [0, 0.05) is 0 Å². The fraction of sp³-hybridized carbons (Fsp3) is 0.538. The van der Waals surface area contributed by atoms with E-state index in [4.69, 9.17) is 9.47 Å². The summed E-state index contributed by atoms with van der Waals surface area (Å²) in [6, 6.07) is 0. The lowest BCUT2D eigenvalue weighted by Gasteiger charge is -2.21. The number of esters is 2. The minimum Gasteiger partial charge on any atom is -0.468 e. The third kappa shape index (κ3) is 2.12. The van der Waals surface area contributed by atoms with Gasteiger partial charge in [-0.3, -0.25) is 9.59 Å². The molecule has 1 rings (SSSR count). The van der Waals surface area contributed by atoms with Crippen molar-refractivity contribution in [1.82, 2.24) is 0 Å². The summed E-state index contributed by atoms with van der Waals surface area (Å²) >= 11 is 0. The first kappa shape index (κ1) is 13.5. The first-order chi connectivity index (χ1) is 7.89. The smallest absolute Gasteiger partial charge is 0.323 e. The lowest BCUT2D eigenvalue weighted by Crippen LogP contribution is -2.38. The van der Waals surface area contributed by atoms with Gasteiger partial charge in [0.2, 0.25) is 0 Å². The Morgan fingerprint density at radius 3 is 1.88 bits per heavy atom. The van der Waals surface area contributed by atoms with Crippen molar-refractivity contribution in [2.24, 2.45) is 5.41 Å². The average molecular weight is 238 g/mol. The number of carbonyl (C=O) groups excluding carboxylic acids is 2. The van der Waals surface area contributed by atoms with E-state index in [1.54, 1.807) is 0 Å². The normalized spacial score (nSPS) is 17.9. The minimum absolute atomic E-state index is 0.271. The lowest BCUT2D eigenvalue weighted by molar-refractivity contribution is -0.168. The van der Waals surface area contributed by atoms with Crippen LogP contribution in [-0.2, 0) is 19.1 Å². The Morgan fingerprint density at radius 1 is 1.12 bits per heavy atom. The predicted octanol–water partition coefficient (Wildman–Crippen LogP) is 2.01. The molecule has 1 aliphatic carbocycles. The zero-order chi connectivity index (χ0) is 13.2. The van der Waals surface area contributed by atoms with Crippen LogP contribution in [0, 0.1) is 5.41 Å². The summed E-state index contributed by atoms with van der Waals surface area (Å²) in [6.45, 7) is 7.78.